The number of hydrogen-bond donors (Lipinski definition) is 1. The van der Waals surface area contributed by atoms with Gasteiger partial charge in [0.1, 0.15) is 5.82 Å². The van der Waals surface area contributed by atoms with Crippen LogP contribution in [0.15, 0.2) is 6.07 Å². The molecule has 0 spiro atoms. The third-order valence-electron chi connectivity index (χ3n) is 4.56. The van der Waals surface area contributed by atoms with Gasteiger partial charge >= 0.3 is 0 Å². The molecule has 0 bridgehead atoms. The Bertz CT molecular complexity index is 481. The average molecular weight is 289 g/mol. The van der Waals surface area contributed by atoms with Crippen molar-refractivity contribution < 1.29 is 0 Å². The quantitative estimate of drug-likeness (QED) is 0.913. The molecule has 1 N–H and O–H groups in total. The molecule has 21 heavy (non-hydrogen) atoms. The van der Waals surface area contributed by atoms with Crippen molar-refractivity contribution in [2.24, 2.45) is 5.41 Å². The van der Waals surface area contributed by atoms with Crippen LogP contribution in [0.5, 0.6) is 0 Å². The van der Waals surface area contributed by atoms with E-state index in [9.17, 15) is 0 Å². The fraction of sp³-hybridized carbons (Fsp3) is 0.722. The minimum Gasteiger partial charge on any atom is -0.356 e. The van der Waals surface area contributed by atoms with Gasteiger partial charge in [-0.2, -0.15) is 0 Å². The highest BCUT2D eigenvalue weighted by molar-refractivity contribution is 5.52. The average Bonchev–Trinajstić information content (AvgIpc) is 2.36. The molecule has 3 nitrogen and oxygen atoms in total. The van der Waals surface area contributed by atoms with Gasteiger partial charge in [-0.05, 0) is 43.7 Å². The monoisotopic (exact) mass is 289 g/mol. The van der Waals surface area contributed by atoms with E-state index in [1.165, 1.54) is 29.8 Å². The van der Waals surface area contributed by atoms with Crippen molar-refractivity contribution in [1.82, 2.24) is 10.3 Å². The Morgan fingerprint density at radius 2 is 1.86 bits per heavy atom. The number of anilines is 1. The topological polar surface area (TPSA) is 28.2 Å². The normalized spacial score (nSPS) is 18.3. The molecule has 0 aromatic carbocycles. The van der Waals surface area contributed by atoms with E-state index in [0.29, 0.717) is 11.5 Å². The zero-order chi connectivity index (χ0) is 15.6. The molecule has 0 amide bonds. The minimum atomic E-state index is 0.478. The van der Waals surface area contributed by atoms with Gasteiger partial charge in [-0.25, -0.2) is 4.98 Å². The lowest BCUT2D eigenvalue weighted by atomic mass is 9.82. The van der Waals surface area contributed by atoms with Crippen LogP contribution < -0.4 is 10.2 Å². The highest BCUT2D eigenvalue weighted by Gasteiger charge is 2.27. The van der Waals surface area contributed by atoms with E-state index in [2.05, 4.69) is 57.8 Å². The smallest absolute Gasteiger partial charge is 0.133 e. The highest BCUT2D eigenvalue weighted by Crippen LogP contribution is 2.33. The fourth-order valence-corrected chi connectivity index (χ4v) is 2.95. The Kier molecular flexibility index (Phi) is 4.92. The van der Waals surface area contributed by atoms with Crippen molar-refractivity contribution >= 4 is 5.82 Å². The summed E-state index contributed by atoms with van der Waals surface area (Å²) in [5.41, 5.74) is 4.33. The second-order valence-corrected chi connectivity index (χ2v) is 7.57. The van der Waals surface area contributed by atoms with E-state index in [-0.39, 0.29) is 0 Å². The molecule has 0 atom stereocenters. The van der Waals surface area contributed by atoms with Gasteiger partial charge in [0.25, 0.3) is 0 Å². The molecule has 1 aromatic rings. The third kappa shape index (κ3) is 4.19. The fourth-order valence-electron chi connectivity index (χ4n) is 2.95. The number of nitrogens with zero attached hydrogens (tertiary/aromatic N) is 2. The van der Waals surface area contributed by atoms with Crippen LogP contribution in [0.3, 0.4) is 0 Å². The van der Waals surface area contributed by atoms with Gasteiger partial charge in [0, 0.05) is 36.9 Å². The molecule has 1 aromatic heterocycles. The lowest BCUT2D eigenvalue weighted by Crippen LogP contribution is -2.39. The first kappa shape index (κ1) is 16.3. The highest BCUT2D eigenvalue weighted by atomic mass is 15.2. The molecule has 3 heteroatoms. The van der Waals surface area contributed by atoms with Crippen molar-refractivity contribution in [1.29, 1.82) is 0 Å². The number of nitrogens with one attached hydrogen (secondary N) is 1. The van der Waals surface area contributed by atoms with Gasteiger partial charge in [-0.1, -0.05) is 27.7 Å². The van der Waals surface area contributed by atoms with Gasteiger partial charge in [-0.15, -0.1) is 0 Å². The van der Waals surface area contributed by atoms with Crippen LogP contribution in [0.1, 0.15) is 57.4 Å². The summed E-state index contributed by atoms with van der Waals surface area (Å²) < 4.78 is 0. The summed E-state index contributed by atoms with van der Waals surface area (Å²) in [6.45, 7) is 16.6. The molecule has 2 rings (SSSR count). The lowest BCUT2D eigenvalue weighted by molar-refractivity contribution is 0.279. The van der Waals surface area contributed by atoms with Crippen molar-refractivity contribution in [2.45, 2.75) is 67.0 Å². The predicted octanol–water partition coefficient (Wildman–Crippen LogP) is 3.82. The van der Waals surface area contributed by atoms with E-state index in [4.69, 9.17) is 4.98 Å². The summed E-state index contributed by atoms with van der Waals surface area (Å²) in [5.74, 6) is 1.20. The maximum Gasteiger partial charge on any atom is 0.133 e. The SMILES string of the molecule is Cc1cc(C)c(CNC(C)C)c(N2CCC(C)(C)CC2)n1. The molecule has 1 fully saturated rings. The van der Waals surface area contributed by atoms with E-state index in [1.54, 1.807) is 0 Å². The van der Waals surface area contributed by atoms with Crippen LogP contribution in [0.4, 0.5) is 5.82 Å². The van der Waals surface area contributed by atoms with Crippen LogP contribution >= 0.6 is 0 Å². The van der Waals surface area contributed by atoms with Crippen molar-refractivity contribution in [2.75, 3.05) is 18.0 Å². The second kappa shape index (κ2) is 6.35. The molecule has 0 aliphatic carbocycles. The molecule has 1 saturated heterocycles. The molecule has 2 heterocycles. The molecular weight excluding hydrogens is 258 g/mol. The molecule has 1 aliphatic rings. The molecular formula is C18H31N3. The molecule has 0 saturated carbocycles. The van der Waals surface area contributed by atoms with E-state index in [0.717, 1.165) is 25.3 Å². The van der Waals surface area contributed by atoms with Crippen LogP contribution in [0, 0.1) is 19.3 Å². The predicted molar refractivity (Wildman–Crippen MR) is 90.9 cm³/mol. The van der Waals surface area contributed by atoms with E-state index >= 15 is 0 Å². The van der Waals surface area contributed by atoms with Gasteiger partial charge in [-0.3, -0.25) is 0 Å². The zero-order valence-corrected chi connectivity index (χ0v) is 14.6. The van der Waals surface area contributed by atoms with Gasteiger partial charge in [0.05, 0.1) is 0 Å². The third-order valence-corrected chi connectivity index (χ3v) is 4.56. The van der Waals surface area contributed by atoms with Crippen LogP contribution in [-0.2, 0) is 6.54 Å². The summed E-state index contributed by atoms with van der Waals surface area (Å²) in [7, 11) is 0. The van der Waals surface area contributed by atoms with Crippen LogP contribution in [0.25, 0.3) is 0 Å². The number of aryl methyl sites for hydroxylation is 2. The van der Waals surface area contributed by atoms with E-state index in [1.807, 2.05) is 0 Å². The number of pyridine rings is 1. The van der Waals surface area contributed by atoms with Crippen LogP contribution in [-0.4, -0.2) is 24.1 Å². The van der Waals surface area contributed by atoms with Crippen LogP contribution in [0.2, 0.25) is 0 Å². The molecule has 118 valence electrons. The molecule has 1 aliphatic heterocycles. The van der Waals surface area contributed by atoms with Gasteiger partial charge in [0.2, 0.25) is 0 Å². The summed E-state index contributed by atoms with van der Waals surface area (Å²) in [6.07, 6.45) is 2.50. The number of rotatable bonds is 4. The summed E-state index contributed by atoms with van der Waals surface area (Å²) in [6, 6.07) is 2.70. The molecule has 0 radical (unpaired) electrons. The maximum absolute atomic E-state index is 4.87. The number of aromatic nitrogens is 1. The Hall–Kier alpha value is -1.09. The minimum absolute atomic E-state index is 0.478. The first-order valence-corrected chi connectivity index (χ1v) is 8.24. The van der Waals surface area contributed by atoms with Gasteiger partial charge in [0.15, 0.2) is 0 Å². The lowest BCUT2D eigenvalue weighted by Gasteiger charge is -2.38. The summed E-state index contributed by atoms with van der Waals surface area (Å²) in [4.78, 5) is 7.36. The van der Waals surface area contributed by atoms with Crippen molar-refractivity contribution in [3.63, 3.8) is 0 Å². The Morgan fingerprint density at radius 3 is 2.43 bits per heavy atom. The Labute approximate surface area is 130 Å². The van der Waals surface area contributed by atoms with Gasteiger partial charge < -0.3 is 10.2 Å². The summed E-state index contributed by atoms with van der Waals surface area (Å²) in [5, 5.41) is 3.55. The second-order valence-electron chi connectivity index (χ2n) is 7.57. The maximum atomic E-state index is 4.87. The van der Waals surface area contributed by atoms with Crippen molar-refractivity contribution in [3.8, 4) is 0 Å². The number of piperidine rings is 1. The Balaban J connectivity index is 2.24. The standard InChI is InChI=1S/C18H31N3/c1-13(2)19-12-16-14(3)11-15(4)20-17(16)21-9-7-18(5,6)8-10-21/h11,13,19H,7-10,12H2,1-6H3. The largest absolute Gasteiger partial charge is 0.356 e. The van der Waals surface area contributed by atoms with Crippen molar-refractivity contribution in [3.05, 3.63) is 22.9 Å². The summed E-state index contributed by atoms with van der Waals surface area (Å²) >= 11 is 0. The first-order chi connectivity index (χ1) is 9.78. The van der Waals surface area contributed by atoms with E-state index < -0.39 is 0 Å². The zero-order valence-electron chi connectivity index (χ0n) is 14.6. The first-order valence-electron chi connectivity index (χ1n) is 8.24. The molecule has 0 unspecified atom stereocenters. The Morgan fingerprint density at radius 1 is 1.24 bits per heavy atom. The number of hydrogen-bond acceptors (Lipinski definition) is 3.